The first kappa shape index (κ1) is 15.7. The lowest BCUT2D eigenvalue weighted by Crippen LogP contribution is -2.28. The summed E-state index contributed by atoms with van der Waals surface area (Å²) in [5.74, 6) is 0. The third kappa shape index (κ3) is 3.98. The minimum absolute atomic E-state index is 0.195. The van der Waals surface area contributed by atoms with Gasteiger partial charge in [-0.1, -0.05) is 65.9 Å². The number of amides is 1. The van der Waals surface area contributed by atoms with Gasteiger partial charge < -0.3 is 10.1 Å². The molecule has 0 spiro atoms. The van der Waals surface area contributed by atoms with E-state index in [0.717, 1.165) is 16.8 Å². The van der Waals surface area contributed by atoms with Gasteiger partial charge in [0, 0.05) is 5.56 Å². The molecule has 0 saturated carbocycles. The van der Waals surface area contributed by atoms with E-state index in [9.17, 15) is 4.79 Å². The molecule has 0 aliphatic heterocycles. The summed E-state index contributed by atoms with van der Waals surface area (Å²) in [6.07, 6.45) is 0.959. The molecular formula is C18H18N4O2. The number of nitrogens with zero attached hydrogens (tertiary/aromatic N) is 3. The van der Waals surface area contributed by atoms with Crippen molar-refractivity contribution in [2.45, 2.75) is 19.7 Å². The fourth-order valence-electron chi connectivity index (χ4n) is 2.26. The van der Waals surface area contributed by atoms with Crippen LogP contribution in [0.4, 0.5) is 4.79 Å². The zero-order chi connectivity index (χ0) is 16.8. The molecule has 122 valence electrons. The van der Waals surface area contributed by atoms with Gasteiger partial charge in [0.1, 0.15) is 18.5 Å². The highest BCUT2D eigenvalue weighted by Crippen LogP contribution is 2.16. The second-order valence-corrected chi connectivity index (χ2v) is 5.30. The number of hydrogen-bond acceptors (Lipinski definition) is 4. The number of aromatic nitrogens is 3. The van der Waals surface area contributed by atoms with E-state index in [4.69, 9.17) is 4.74 Å². The summed E-state index contributed by atoms with van der Waals surface area (Å²) in [5, 5.41) is 10.8. The van der Waals surface area contributed by atoms with Crippen molar-refractivity contribution in [2.75, 3.05) is 0 Å². The van der Waals surface area contributed by atoms with E-state index < -0.39 is 6.09 Å². The molecule has 0 fully saturated rings. The molecular weight excluding hydrogens is 304 g/mol. The summed E-state index contributed by atoms with van der Waals surface area (Å²) in [7, 11) is 0. The van der Waals surface area contributed by atoms with Crippen LogP contribution in [0.25, 0.3) is 11.3 Å². The summed E-state index contributed by atoms with van der Waals surface area (Å²) in [5.41, 5.74) is 2.67. The van der Waals surface area contributed by atoms with Gasteiger partial charge in [-0.05, 0) is 12.5 Å². The van der Waals surface area contributed by atoms with Gasteiger partial charge in [0.15, 0.2) is 0 Å². The van der Waals surface area contributed by atoms with Gasteiger partial charge in [-0.25, -0.2) is 9.48 Å². The molecule has 1 N–H and O–H groups in total. The van der Waals surface area contributed by atoms with Crippen LogP contribution in [0.2, 0.25) is 0 Å². The van der Waals surface area contributed by atoms with Crippen LogP contribution >= 0.6 is 0 Å². The van der Waals surface area contributed by atoms with E-state index in [0.29, 0.717) is 0 Å². The molecule has 0 aliphatic rings. The van der Waals surface area contributed by atoms with Gasteiger partial charge in [0.05, 0.1) is 6.20 Å². The number of alkyl carbamates (subject to hydrolysis) is 1. The summed E-state index contributed by atoms with van der Waals surface area (Å²) >= 11 is 0. The van der Waals surface area contributed by atoms with Crippen LogP contribution in [0.15, 0.2) is 66.9 Å². The number of ether oxygens (including phenoxy) is 1. The molecule has 1 heterocycles. The van der Waals surface area contributed by atoms with Gasteiger partial charge in [-0.15, -0.1) is 5.10 Å². The zero-order valence-corrected chi connectivity index (χ0v) is 13.3. The number of benzene rings is 2. The third-order valence-electron chi connectivity index (χ3n) is 3.55. The number of nitrogens with one attached hydrogen (secondary N) is 1. The predicted octanol–water partition coefficient (Wildman–Crippen LogP) is 3.39. The van der Waals surface area contributed by atoms with Crippen molar-refractivity contribution in [2.24, 2.45) is 0 Å². The van der Waals surface area contributed by atoms with Crippen LogP contribution < -0.4 is 5.32 Å². The monoisotopic (exact) mass is 322 g/mol. The number of rotatable bonds is 5. The Morgan fingerprint density at radius 3 is 2.50 bits per heavy atom. The second kappa shape index (κ2) is 7.41. The lowest BCUT2D eigenvalue weighted by molar-refractivity contribution is 0.104. The Hall–Kier alpha value is -3.15. The zero-order valence-electron chi connectivity index (χ0n) is 13.3. The van der Waals surface area contributed by atoms with Crippen LogP contribution in [-0.4, -0.2) is 21.1 Å². The first-order chi connectivity index (χ1) is 11.7. The average molecular weight is 322 g/mol. The minimum Gasteiger partial charge on any atom is -0.442 e. The van der Waals surface area contributed by atoms with Crippen LogP contribution in [-0.2, 0) is 11.4 Å². The van der Waals surface area contributed by atoms with E-state index in [1.165, 1.54) is 0 Å². The molecule has 3 rings (SSSR count). The topological polar surface area (TPSA) is 69.0 Å². The van der Waals surface area contributed by atoms with Gasteiger partial charge in [0.2, 0.25) is 0 Å². The third-order valence-corrected chi connectivity index (χ3v) is 3.55. The number of carbonyl (C=O) groups is 1. The molecule has 24 heavy (non-hydrogen) atoms. The van der Waals surface area contributed by atoms with Crippen LogP contribution in [0.5, 0.6) is 0 Å². The first-order valence-corrected chi connectivity index (χ1v) is 7.67. The fourth-order valence-corrected chi connectivity index (χ4v) is 2.26. The Morgan fingerprint density at radius 1 is 1.12 bits per heavy atom. The molecule has 1 atom stereocenters. The van der Waals surface area contributed by atoms with E-state index in [2.05, 4.69) is 15.6 Å². The van der Waals surface area contributed by atoms with Gasteiger partial charge in [0.25, 0.3) is 0 Å². The smallest absolute Gasteiger partial charge is 0.409 e. The van der Waals surface area contributed by atoms with Gasteiger partial charge >= 0.3 is 6.09 Å². The Labute approximate surface area is 140 Å². The molecule has 0 aliphatic carbocycles. The highest BCUT2D eigenvalue weighted by Gasteiger charge is 2.11. The molecule has 0 radical (unpaired) electrons. The summed E-state index contributed by atoms with van der Waals surface area (Å²) in [4.78, 5) is 11.9. The lowest BCUT2D eigenvalue weighted by atomic mass is 10.1. The minimum atomic E-state index is -0.497. The maximum atomic E-state index is 11.9. The van der Waals surface area contributed by atoms with Gasteiger partial charge in [-0.2, -0.15) is 0 Å². The Kier molecular flexibility index (Phi) is 4.86. The van der Waals surface area contributed by atoms with Gasteiger partial charge in [-0.3, -0.25) is 0 Å². The molecule has 0 saturated heterocycles. The molecule has 1 amide bonds. The highest BCUT2D eigenvalue weighted by molar-refractivity contribution is 5.67. The summed E-state index contributed by atoms with van der Waals surface area (Å²) in [6.45, 7) is 2.03. The number of hydrogen-bond donors (Lipinski definition) is 1. The molecule has 6 nitrogen and oxygen atoms in total. The quantitative estimate of drug-likeness (QED) is 0.782. The van der Waals surface area contributed by atoms with Crippen molar-refractivity contribution in [3.05, 3.63) is 72.4 Å². The van der Waals surface area contributed by atoms with E-state index >= 15 is 0 Å². The maximum Gasteiger partial charge on any atom is 0.409 e. The molecule has 1 unspecified atom stereocenters. The second-order valence-electron chi connectivity index (χ2n) is 5.30. The van der Waals surface area contributed by atoms with E-state index in [1.807, 2.05) is 67.6 Å². The lowest BCUT2D eigenvalue weighted by Gasteiger charge is -2.14. The molecule has 3 aromatic rings. The van der Waals surface area contributed by atoms with E-state index in [1.54, 1.807) is 10.9 Å². The van der Waals surface area contributed by atoms with Crippen molar-refractivity contribution < 1.29 is 9.53 Å². The molecule has 6 heteroatoms. The van der Waals surface area contributed by atoms with Crippen molar-refractivity contribution in [1.82, 2.24) is 20.3 Å². The summed E-state index contributed by atoms with van der Waals surface area (Å²) < 4.78 is 6.89. The predicted molar refractivity (Wildman–Crippen MR) is 89.9 cm³/mol. The first-order valence-electron chi connectivity index (χ1n) is 7.67. The van der Waals surface area contributed by atoms with Crippen molar-refractivity contribution in [3.63, 3.8) is 0 Å². The molecule has 0 bridgehead atoms. The largest absolute Gasteiger partial charge is 0.442 e. The van der Waals surface area contributed by atoms with Crippen molar-refractivity contribution >= 4 is 6.09 Å². The number of carbonyl (C=O) groups excluding carboxylic acids is 1. The normalized spacial score (nSPS) is 11.7. The Bertz CT molecular complexity index is 787. The maximum absolute atomic E-state index is 11.9. The van der Waals surface area contributed by atoms with Crippen LogP contribution in [0.1, 0.15) is 18.6 Å². The average Bonchev–Trinajstić information content (AvgIpc) is 3.10. The SMILES string of the molecule is CC(OC(=O)NCn1cc(-c2ccccc2)nn1)c1ccccc1. The Morgan fingerprint density at radius 2 is 1.79 bits per heavy atom. The Balaban J connectivity index is 1.53. The van der Waals surface area contributed by atoms with Crippen molar-refractivity contribution in [1.29, 1.82) is 0 Å². The van der Waals surface area contributed by atoms with Crippen LogP contribution in [0.3, 0.4) is 0 Å². The highest BCUT2D eigenvalue weighted by atomic mass is 16.6. The van der Waals surface area contributed by atoms with Crippen molar-refractivity contribution in [3.8, 4) is 11.3 Å². The van der Waals surface area contributed by atoms with Crippen LogP contribution in [0, 0.1) is 0 Å². The molecule has 1 aromatic heterocycles. The fraction of sp³-hybridized carbons (Fsp3) is 0.167. The van der Waals surface area contributed by atoms with E-state index in [-0.39, 0.29) is 12.8 Å². The standard InChI is InChI=1S/C18H18N4O2/c1-14(15-8-4-2-5-9-15)24-18(23)19-13-22-12-17(20-21-22)16-10-6-3-7-11-16/h2-12,14H,13H2,1H3,(H,19,23). The molecule has 2 aromatic carbocycles. The summed E-state index contributed by atoms with van der Waals surface area (Å²) in [6, 6.07) is 19.3.